The monoisotopic (exact) mass is 1200 g/mol. The molecule has 93 heavy (non-hydrogen) atoms. The molecule has 2 aliphatic rings. The fourth-order valence-corrected chi connectivity index (χ4v) is 14.4. The van der Waals surface area contributed by atoms with Crippen LogP contribution < -0.4 is 26.2 Å². The molecule has 6 nitrogen and oxygen atoms in total. The minimum atomic E-state index is -2.50. The van der Waals surface area contributed by atoms with Gasteiger partial charge in [0.1, 0.15) is 0 Å². The van der Waals surface area contributed by atoms with Gasteiger partial charge in [0.15, 0.2) is 0 Å². The van der Waals surface area contributed by atoms with E-state index in [1.54, 1.807) is 42.5 Å². The van der Waals surface area contributed by atoms with Gasteiger partial charge < -0.3 is 23.5 Å². The van der Waals surface area contributed by atoms with Crippen molar-refractivity contribution in [2.24, 2.45) is 0 Å². The van der Waals surface area contributed by atoms with E-state index in [0.717, 1.165) is 44.1 Å². The standard InChI is InChI=1S/C86H55BN6/c1-55-36-38-59(39-37-55)62-49-84-86-85(50-62)93(67-47-60(57-20-4-2-5-21-57)46-61(48-67)58-22-6-3-7-23-58)83-53-64(90-78-32-16-10-26-70(78)71-27-11-17-33-79(71)90)41-43-75(83)87(86)74-42-40-63(89-76-30-14-8-24-68(76)69-25-9-15-31-77(69)89)52-82(74)92(84)66-45-56(54-88)44-65(51-66)91-80-34-18-12-28-72(80)73-29-13-19-35-81(73)91/h2-53H,1H3/i1D3,8D,9D,10D,11D,14D,15D,16D,17D,24D,25D,26D,27D,30D,31D,32D,33D. The van der Waals surface area contributed by atoms with E-state index in [9.17, 15) is 16.2 Å². The van der Waals surface area contributed by atoms with Gasteiger partial charge in [-0.25, -0.2) is 0 Å². The second kappa shape index (κ2) is 20.6. The molecular weight excluding hydrogens is 1130 g/mol. The Morgan fingerprint density at radius 1 is 0.323 bits per heavy atom. The summed E-state index contributed by atoms with van der Waals surface area (Å²) in [7, 11) is 0. The Kier molecular flexibility index (Phi) is 8.18. The third-order valence-electron chi connectivity index (χ3n) is 18.4. The molecule has 7 heteroatoms. The van der Waals surface area contributed by atoms with Gasteiger partial charge in [0.2, 0.25) is 0 Å². The van der Waals surface area contributed by atoms with Crippen LogP contribution in [0.3, 0.4) is 0 Å². The summed E-state index contributed by atoms with van der Waals surface area (Å²) in [5.41, 5.74) is 12.0. The van der Waals surface area contributed by atoms with Gasteiger partial charge in [-0.3, -0.25) is 0 Å². The Bertz CT molecular complexity index is 6850. The van der Waals surface area contributed by atoms with Crippen molar-refractivity contribution < 1.29 is 26.0 Å². The smallest absolute Gasteiger partial charge is 0.252 e. The Morgan fingerprint density at radius 2 is 0.731 bits per heavy atom. The minimum absolute atomic E-state index is 0.0819. The number of hydrogen-bond donors (Lipinski definition) is 0. The molecule has 0 aliphatic carbocycles. The number of nitrogens with zero attached hydrogens (tertiary/aromatic N) is 6. The number of para-hydroxylation sites is 6. The van der Waals surface area contributed by atoms with E-state index in [1.165, 1.54) is 9.13 Å². The number of aromatic nitrogens is 3. The van der Waals surface area contributed by atoms with E-state index in [0.29, 0.717) is 67.3 Å². The SMILES string of the molecule is [2H]c1c([2H])c([2H])c2c(c1[2H])c1c([2H])c([2H])c([2H])c([2H])c1n2-c1ccc2c(c1)N(c1cc(-c3ccccc3)cc(-c3ccccc3)c1)c1cc(-c3ccc(C([2H])([2H])[2H])cc3)cc3c1B2c1ccc(-n2c4c([2H])c([2H])c([2H])c([2H])c4c4c([2H])c([2H])c([2H])c([2H])c42)cc1N3c1cc(C#N)cc(-n2c3ccccc3c3ccccc32)c1. The predicted octanol–water partition coefficient (Wildman–Crippen LogP) is 20.2. The van der Waals surface area contributed by atoms with Crippen molar-refractivity contribution in [3.63, 3.8) is 0 Å². The van der Waals surface area contributed by atoms with Crippen LogP contribution in [0.2, 0.25) is 0 Å². The molecule has 19 rings (SSSR count). The molecule has 5 heterocycles. The number of nitriles is 1. The number of aryl methyl sites for hydroxylation is 1. The van der Waals surface area contributed by atoms with E-state index in [1.807, 2.05) is 163 Å². The van der Waals surface area contributed by atoms with Crippen molar-refractivity contribution in [3.8, 4) is 56.5 Å². The number of fused-ring (bicyclic) bond motifs is 13. The summed E-state index contributed by atoms with van der Waals surface area (Å²) in [4.78, 5) is 4.13. The summed E-state index contributed by atoms with van der Waals surface area (Å²) in [6, 6.07) is 62.6. The highest BCUT2D eigenvalue weighted by Gasteiger charge is 2.44. The zero-order valence-electron chi connectivity index (χ0n) is 68.0. The lowest BCUT2D eigenvalue weighted by molar-refractivity contribution is 1.15. The van der Waals surface area contributed by atoms with Crippen LogP contribution in [-0.4, -0.2) is 20.4 Å². The van der Waals surface area contributed by atoms with Crippen LogP contribution >= 0.6 is 0 Å². The molecule has 0 saturated heterocycles. The van der Waals surface area contributed by atoms with Crippen LogP contribution in [0.5, 0.6) is 0 Å². The van der Waals surface area contributed by atoms with Crippen molar-refractivity contribution in [1.29, 1.82) is 5.26 Å². The molecule has 3 aromatic heterocycles. The van der Waals surface area contributed by atoms with E-state index < -0.39 is 110 Å². The molecule has 432 valence electrons. The first-order valence-corrected chi connectivity index (χ1v) is 30.3. The first kappa shape index (κ1) is 37.0. The highest BCUT2D eigenvalue weighted by molar-refractivity contribution is 7.00. The highest BCUT2D eigenvalue weighted by atomic mass is 15.2. The van der Waals surface area contributed by atoms with Crippen molar-refractivity contribution in [3.05, 3.63) is 326 Å². The fourth-order valence-electron chi connectivity index (χ4n) is 14.4. The van der Waals surface area contributed by atoms with Crippen molar-refractivity contribution >= 4 is 123 Å². The topological polar surface area (TPSA) is 45.1 Å². The average molecular weight is 1200 g/mol. The molecule has 0 saturated carbocycles. The lowest BCUT2D eigenvalue weighted by atomic mass is 9.33. The van der Waals surface area contributed by atoms with Crippen LogP contribution in [0.25, 0.3) is 116 Å². The quantitative estimate of drug-likeness (QED) is 0.142. The largest absolute Gasteiger partial charge is 0.311 e. The van der Waals surface area contributed by atoms with Crippen LogP contribution in [-0.2, 0) is 0 Å². The zero-order valence-corrected chi connectivity index (χ0v) is 49.0. The fraction of sp³-hybridized carbons (Fsp3) is 0.0116. The average Bonchev–Trinajstić information content (AvgIpc) is 0.943. The summed E-state index contributed by atoms with van der Waals surface area (Å²) < 4.78 is 180. The number of benzene rings is 14. The molecule has 17 aromatic rings. The molecule has 2 aliphatic heterocycles. The molecule has 0 unspecified atom stereocenters. The van der Waals surface area contributed by atoms with Gasteiger partial charge in [-0.15, -0.1) is 0 Å². The zero-order chi connectivity index (χ0) is 77.8. The van der Waals surface area contributed by atoms with Gasteiger partial charge in [-0.2, -0.15) is 5.26 Å². The summed E-state index contributed by atoms with van der Waals surface area (Å²) in [5.74, 6) is 0. The van der Waals surface area contributed by atoms with Crippen molar-refractivity contribution in [2.75, 3.05) is 9.80 Å². The second-order valence-electron chi connectivity index (χ2n) is 23.4. The molecule has 0 N–H and O–H groups in total. The Morgan fingerprint density at radius 3 is 1.20 bits per heavy atom. The maximum atomic E-state index is 11.5. The molecule has 0 fully saturated rings. The molecule has 0 spiro atoms. The van der Waals surface area contributed by atoms with Crippen molar-refractivity contribution in [1.82, 2.24) is 13.7 Å². The molecule has 0 radical (unpaired) electrons. The first-order chi connectivity index (χ1) is 53.8. The highest BCUT2D eigenvalue weighted by Crippen LogP contribution is 2.50. The Balaban J connectivity index is 0.996. The van der Waals surface area contributed by atoms with E-state index in [4.69, 9.17) is 15.1 Å². The number of rotatable bonds is 8. The van der Waals surface area contributed by atoms with Gasteiger partial charge in [0.05, 0.1) is 66.7 Å². The third kappa shape index (κ3) is 8.09. The first-order valence-electron chi connectivity index (χ1n) is 39.8. The van der Waals surface area contributed by atoms with Gasteiger partial charge >= 0.3 is 0 Å². The van der Waals surface area contributed by atoms with Crippen LogP contribution in [0.1, 0.15) is 37.2 Å². The normalized spacial score (nSPS) is 15.5. The molecule has 0 bridgehead atoms. The van der Waals surface area contributed by atoms with Gasteiger partial charge in [-0.1, -0.05) is 212 Å². The lowest BCUT2D eigenvalue weighted by Crippen LogP contribution is -2.61. The van der Waals surface area contributed by atoms with Gasteiger partial charge in [0, 0.05) is 87.6 Å². The van der Waals surface area contributed by atoms with Crippen LogP contribution in [0.15, 0.2) is 315 Å². The number of anilines is 6. The Labute approximate surface area is 564 Å². The maximum Gasteiger partial charge on any atom is 0.252 e. The molecule has 0 atom stereocenters. The third-order valence-corrected chi connectivity index (χ3v) is 18.4. The van der Waals surface area contributed by atoms with E-state index in [-0.39, 0.29) is 66.1 Å². The van der Waals surface area contributed by atoms with E-state index >= 15 is 0 Å². The lowest BCUT2D eigenvalue weighted by Gasteiger charge is -2.45. The molecular formula is C86H55BN6. The Hall–Kier alpha value is -12.4. The number of hydrogen-bond acceptors (Lipinski definition) is 3. The summed E-state index contributed by atoms with van der Waals surface area (Å²) in [6.45, 7) is -3.36. The molecule has 0 amide bonds. The van der Waals surface area contributed by atoms with Crippen LogP contribution in [0, 0.1) is 18.2 Å². The summed E-state index contributed by atoms with van der Waals surface area (Å²) in [6.07, 6.45) is 0. The van der Waals surface area contributed by atoms with Gasteiger partial charge in [0.25, 0.3) is 6.71 Å². The second-order valence-corrected chi connectivity index (χ2v) is 23.4. The van der Waals surface area contributed by atoms with Crippen molar-refractivity contribution in [2.45, 2.75) is 6.85 Å². The molecule has 14 aromatic carbocycles. The minimum Gasteiger partial charge on any atom is -0.311 e. The van der Waals surface area contributed by atoms with Gasteiger partial charge in [-0.05, 0) is 166 Å². The van der Waals surface area contributed by atoms with Crippen LogP contribution in [0.4, 0.5) is 34.1 Å². The summed E-state index contributed by atoms with van der Waals surface area (Å²) >= 11 is 0. The summed E-state index contributed by atoms with van der Waals surface area (Å²) in [5, 5.41) is 12.9. The predicted molar refractivity (Wildman–Crippen MR) is 389 cm³/mol. The van der Waals surface area contributed by atoms with E-state index in [2.05, 4.69) is 33.7 Å². The maximum absolute atomic E-state index is 11.5.